The Bertz CT molecular complexity index is 619. The number of nitrogens with zero attached hydrogens (tertiary/aromatic N) is 1. The van der Waals surface area contributed by atoms with Crippen molar-refractivity contribution in [2.24, 2.45) is 10.9 Å². The van der Waals surface area contributed by atoms with E-state index in [-0.39, 0.29) is 11.5 Å². The fourth-order valence-electron chi connectivity index (χ4n) is 4.09. The largest absolute Gasteiger partial charge is 0.299 e. The van der Waals surface area contributed by atoms with Gasteiger partial charge in [-0.2, -0.15) is 0 Å². The van der Waals surface area contributed by atoms with Crippen LogP contribution in [0.2, 0.25) is 0 Å². The van der Waals surface area contributed by atoms with E-state index in [2.05, 4.69) is 39.0 Å². The van der Waals surface area contributed by atoms with E-state index in [1.807, 2.05) is 0 Å². The van der Waals surface area contributed by atoms with Crippen molar-refractivity contribution in [3.63, 3.8) is 0 Å². The molecule has 0 amide bonds. The van der Waals surface area contributed by atoms with Gasteiger partial charge < -0.3 is 0 Å². The minimum absolute atomic E-state index is 0.0959. The maximum Gasteiger partial charge on any atom is 0.141 e. The molecular formula is C21H29NO. The van der Waals surface area contributed by atoms with Crippen molar-refractivity contribution in [1.82, 2.24) is 0 Å². The lowest BCUT2D eigenvalue weighted by Crippen LogP contribution is -2.31. The quantitative estimate of drug-likeness (QED) is 0.718. The smallest absolute Gasteiger partial charge is 0.141 e. The number of fused-ring (bicyclic) bond motifs is 1. The molecule has 1 aromatic carbocycles. The Morgan fingerprint density at radius 3 is 2.57 bits per heavy atom. The van der Waals surface area contributed by atoms with Gasteiger partial charge in [0.2, 0.25) is 0 Å². The van der Waals surface area contributed by atoms with E-state index in [0.717, 1.165) is 25.0 Å². The molecule has 0 saturated heterocycles. The second-order valence-electron chi connectivity index (χ2n) is 8.04. The minimum atomic E-state index is -0.0959. The van der Waals surface area contributed by atoms with Gasteiger partial charge in [-0.15, -0.1) is 0 Å². The van der Waals surface area contributed by atoms with Gasteiger partial charge in [-0.05, 0) is 57.2 Å². The zero-order chi connectivity index (χ0) is 16.4. The topological polar surface area (TPSA) is 29.4 Å². The van der Waals surface area contributed by atoms with Gasteiger partial charge in [-0.25, -0.2) is 0 Å². The van der Waals surface area contributed by atoms with Crippen LogP contribution in [0.15, 0.2) is 23.2 Å². The molecule has 2 aliphatic rings. The Morgan fingerprint density at radius 1 is 1.17 bits per heavy atom. The summed E-state index contributed by atoms with van der Waals surface area (Å²) in [5.74, 6) is 0.675. The van der Waals surface area contributed by atoms with Gasteiger partial charge >= 0.3 is 0 Å². The second-order valence-corrected chi connectivity index (χ2v) is 8.04. The average Bonchev–Trinajstić information content (AvgIpc) is 2.76. The maximum absolute atomic E-state index is 12.8. The van der Waals surface area contributed by atoms with Crippen molar-refractivity contribution in [1.29, 1.82) is 0 Å². The van der Waals surface area contributed by atoms with Crippen LogP contribution in [-0.2, 0) is 11.2 Å². The summed E-state index contributed by atoms with van der Waals surface area (Å²) in [6.07, 6.45) is 8.65. The molecule has 1 saturated carbocycles. The fraction of sp³-hybridized carbons (Fsp3) is 0.619. The van der Waals surface area contributed by atoms with Gasteiger partial charge in [-0.3, -0.25) is 9.79 Å². The first-order chi connectivity index (χ1) is 10.9. The van der Waals surface area contributed by atoms with E-state index >= 15 is 0 Å². The number of aliphatic imine (C=N–C) groups is 1. The fourth-order valence-corrected chi connectivity index (χ4v) is 4.09. The number of carbonyl (C=O) groups excluding carboxylic acids is 1. The molecular weight excluding hydrogens is 282 g/mol. The summed E-state index contributed by atoms with van der Waals surface area (Å²) in [4.78, 5) is 17.8. The molecule has 1 aliphatic carbocycles. The molecule has 124 valence electrons. The van der Waals surface area contributed by atoms with Crippen molar-refractivity contribution < 1.29 is 4.79 Å². The first-order valence-electron chi connectivity index (χ1n) is 9.16. The van der Waals surface area contributed by atoms with Gasteiger partial charge in [0.1, 0.15) is 5.78 Å². The molecule has 0 aromatic heterocycles. The summed E-state index contributed by atoms with van der Waals surface area (Å²) in [5.41, 5.74) is 4.74. The Hall–Kier alpha value is -1.44. The lowest BCUT2D eigenvalue weighted by atomic mass is 9.83. The Balaban J connectivity index is 1.84. The molecule has 1 heterocycles. The van der Waals surface area contributed by atoms with Gasteiger partial charge in [0, 0.05) is 12.3 Å². The van der Waals surface area contributed by atoms with Crippen LogP contribution in [0.5, 0.6) is 0 Å². The van der Waals surface area contributed by atoms with Gasteiger partial charge in [0.15, 0.2) is 0 Å². The number of benzene rings is 1. The van der Waals surface area contributed by atoms with Crippen molar-refractivity contribution in [3.05, 3.63) is 34.9 Å². The summed E-state index contributed by atoms with van der Waals surface area (Å²) in [5, 5.41) is 0. The van der Waals surface area contributed by atoms with Gasteiger partial charge in [0.25, 0.3) is 0 Å². The summed E-state index contributed by atoms with van der Waals surface area (Å²) < 4.78 is 0. The Morgan fingerprint density at radius 2 is 1.87 bits per heavy atom. The van der Waals surface area contributed by atoms with Crippen molar-refractivity contribution in [3.8, 4) is 0 Å². The lowest BCUT2D eigenvalue weighted by molar-refractivity contribution is -0.122. The van der Waals surface area contributed by atoms with E-state index in [0.29, 0.717) is 12.2 Å². The first-order valence-corrected chi connectivity index (χ1v) is 9.16. The van der Waals surface area contributed by atoms with E-state index in [1.54, 1.807) is 0 Å². The molecule has 2 nitrogen and oxygen atoms in total. The Labute approximate surface area is 140 Å². The highest BCUT2D eigenvalue weighted by molar-refractivity contribution is 6.13. The number of ketones is 1. The summed E-state index contributed by atoms with van der Waals surface area (Å²) in [6, 6.07) is 6.60. The minimum Gasteiger partial charge on any atom is -0.299 e. The van der Waals surface area contributed by atoms with Crippen molar-refractivity contribution in [2.75, 3.05) is 0 Å². The zero-order valence-corrected chi connectivity index (χ0v) is 14.8. The monoisotopic (exact) mass is 311 g/mol. The molecule has 3 rings (SSSR count). The van der Waals surface area contributed by atoms with Crippen molar-refractivity contribution in [2.45, 2.75) is 77.7 Å². The number of hydrogen-bond donors (Lipinski definition) is 0. The summed E-state index contributed by atoms with van der Waals surface area (Å²) in [7, 11) is 0. The average molecular weight is 311 g/mol. The highest BCUT2D eigenvalue weighted by Crippen LogP contribution is 2.30. The van der Waals surface area contributed by atoms with Crippen molar-refractivity contribution >= 4 is 11.5 Å². The van der Waals surface area contributed by atoms with E-state index in [4.69, 9.17) is 4.99 Å². The van der Waals surface area contributed by atoms with Gasteiger partial charge in [-0.1, -0.05) is 43.4 Å². The second kappa shape index (κ2) is 6.59. The van der Waals surface area contributed by atoms with Crippen LogP contribution in [0, 0.1) is 12.8 Å². The molecule has 0 N–H and O–H groups in total. The molecule has 1 aromatic rings. The van der Waals surface area contributed by atoms with Crippen LogP contribution in [0.3, 0.4) is 0 Å². The standard InChI is InChI=1S/C21H29NO/c1-15-10-11-17-14-21(2,3)22-19(18(17)12-15)13-20(23)16-8-6-4-5-7-9-16/h10-12,16H,4-9,13-14H2,1-3H3. The molecule has 1 fully saturated rings. The third-order valence-electron chi connectivity index (χ3n) is 5.29. The van der Waals surface area contributed by atoms with Crippen LogP contribution in [0.4, 0.5) is 0 Å². The lowest BCUT2D eigenvalue weighted by Gasteiger charge is -2.29. The molecule has 2 heteroatoms. The number of rotatable bonds is 3. The SMILES string of the molecule is Cc1ccc2c(c1)C(CC(=O)C1CCCCCC1)=NC(C)(C)C2. The number of carbonyl (C=O) groups is 1. The summed E-state index contributed by atoms with van der Waals surface area (Å²) >= 11 is 0. The van der Waals surface area contributed by atoms with Crippen LogP contribution in [-0.4, -0.2) is 17.0 Å². The predicted octanol–water partition coefficient (Wildman–Crippen LogP) is 5.05. The molecule has 0 bridgehead atoms. The van der Waals surface area contributed by atoms with Crippen LogP contribution in [0.25, 0.3) is 0 Å². The van der Waals surface area contributed by atoms with Crippen LogP contribution < -0.4 is 0 Å². The van der Waals surface area contributed by atoms with E-state index < -0.39 is 0 Å². The third-order valence-corrected chi connectivity index (χ3v) is 5.29. The van der Waals surface area contributed by atoms with Gasteiger partial charge in [0.05, 0.1) is 11.3 Å². The zero-order valence-electron chi connectivity index (χ0n) is 14.8. The molecule has 1 aliphatic heterocycles. The number of aryl methyl sites for hydroxylation is 1. The maximum atomic E-state index is 12.8. The molecule has 23 heavy (non-hydrogen) atoms. The predicted molar refractivity (Wildman–Crippen MR) is 96.3 cm³/mol. The highest BCUT2D eigenvalue weighted by Gasteiger charge is 2.29. The van der Waals surface area contributed by atoms with Crippen LogP contribution in [0.1, 0.15) is 75.5 Å². The van der Waals surface area contributed by atoms with E-state index in [1.165, 1.54) is 42.4 Å². The molecule has 0 radical (unpaired) electrons. The first kappa shape index (κ1) is 16.4. The number of Topliss-reactive ketones (excluding diaryl/α,β-unsaturated/α-hetero) is 1. The Kier molecular flexibility index (Phi) is 4.70. The normalized spacial score (nSPS) is 21.3. The van der Waals surface area contributed by atoms with Crippen LogP contribution >= 0.6 is 0 Å². The third kappa shape index (κ3) is 3.91. The van der Waals surface area contributed by atoms with E-state index in [9.17, 15) is 4.79 Å². The molecule has 0 spiro atoms. The molecule has 0 unspecified atom stereocenters. The highest BCUT2D eigenvalue weighted by atomic mass is 16.1. The number of hydrogen-bond acceptors (Lipinski definition) is 2. The summed E-state index contributed by atoms with van der Waals surface area (Å²) in [6.45, 7) is 6.46. The molecule has 0 atom stereocenters.